The number of benzene rings is 3. The van der Waals surface area contributed by atoms with Crippen molar-refractivity contribution in [2.24, 2.45) is 0 Å². The molecule has 4 aromatic rings. The molecule has 1 aromatic heterocycles. The molecule has 37 heavy (non-hydrogen) atoms. The number of H-pyrrole nitrogens is 1. The lowest BCUT2D eigenvalue weighted by atomic mass is 10.1. The van der Waals surface area contributed by atoms with Crippen LogP contribution in [0, 0.1) is 0 Å². The number of amides is 2. The Morgan fingerprint density at radius 3 is 2.43 bits per heavy atom. The zero-order chi connectivity index (χ0) is 26.0. The molecule has 0 bridgehead atoms. The number of methoxy groups -OCH3 is 1. The highest BCUT2D eigenvalue weighted by Gasteiger charge is 2.13. The van der Waals surface area contributed by atoms with Gasteiger partial charge in [0.15, 0.2) is 5.82 Å². The molecule has 0 atom stereocenters. The van der Waals surface area contributed by atoms with E-state index in [1.165, 1.54) is 19.3 Å². The van der Waals surface area contributed by atoms with E-state index < -0.39 is 5.97 Å². The summed E-state index contributed by atoms with van der Waals surface area (Å²) < 4.78 is 4.83. The molecule has 4 rings (SSSR count). The van der Waals surface area contributed by atoms with Crippen LogP contribution in [0.3, 0.4) is 0 Å². The van der Waals surface area contributed by atoms with Crippen LogP contribution in [0.5, 0.6) is 0 Å². The molecular formula is C28H25N5O4. The van der Waals surface area contributed by atoms with E-state index in [-0.39, 0.29) is 30.3 Å². The first kappa shape index (κ1) is 25.1. The van der Waals surface area contributed by atoms with Gasteiger partial charge in [0, 0.05) is 23.9 Å². The van der Waals surface area contributed by atoms with E-state index in [1.807, 2.05) is 60.7 Å². The molecule has 0 saturated heterocycles. The van der Waals surface area contributed by atoms with Crippen LogP contribution in [0.4, 0.5) is 5.69 Å². The third-order valence-corrected chi connectivity index (χ3v) is 5.29. The molecule has 0 spiro atoms. The lowest BCUT2D eigenvalue weighted by Gasteiger charge is -2.10. The Hall–Kier alpha value is -5.05. The van der Waals surface area contributed by atoms with E-state index in [0.29, 0.717) is 22.9 Å². The van der Waals surface area contributed by atoms with Crippen LogP contribution in [0.15, 0.2) is 84.9 Å². The quantitative estimate of drug-likeness (QED) is 0.240. The van der Waals surface area contributed by atoms with Gasteiger partial charge in [-0.15, -0.1) is 0 Å². The van der Waals surface area contributed by atoms with Crippen LogP contribution >= 0.6 is 0 Å². The lowest BCUT2D eigenvalue weighted by molar-refractivity contribution is -0.120. The monoisotopic (exact) mass is 495 g/mol. The second-order valence-corrected chi connectivity index (χ2v) is 8.07. The zero-order valence-corrected chi connectivity index (χ0v) is 20.1. The summed E-state index contributed by atoms with van der Waals surface area (Å²) in [6.45, 7) is 0.131. The average Bonchev–Trinajstić information content (AvgIpc) is 3.39. The summed E-state index contributed by atoms with van der Waals surface area (Å²) in [7, 11) is 1.28. The first-order valence-corrected chi connectivity index (χ1v) is 11.5. The number of aromatic nitrogens is 3. The fourth-order valence-corrected chi connectivity index (χ4v) is 3.53. The molecule has 0 fully saturated rings. The van der Waals surface area contributed by atoms with Gasteiger partial charge in [-0.1, -0.05) is 60.7 Å². The molecule has 9 heteroatoms. The van der Waals surface area contributed by atoms with Crippen LogP contribution in [0.1, 0.15) is 27.3 Å². The summed E-state index contributed by atoms with van der Waals surface area (Å²) in [5.74, 6) is -0.261. The Kier molecular flexibility index (Phi) is 8.18. The molecule has 9 nitrogen and oxygen atoms in total. The summed E-state index contributed by atoms with van der Waals surface area (Å²) in [6, 6.07) is 23.6. The Morgan fingerprint density at radius 2 is 1.70 bits per heavy atom. The molecule has 0 radical (unpaired) electrons. The normalized spacial score (nSPS) is 10.7. The van der Waals surface area contributed by atoms with Crippen molar-refractivity contribution in [1.29, 1.82) is 0 Å². The average molecular weight is 496 g/mol. The molecular weight excluding hydrogens is 470 g/mol. The van der Waals surface area contributed by atoms with E-state index >= 15 is 0 Å². The maximum atomic E-state index is 12.5. The topological polar surface area (TPSA) is 126 Å². The summed E-state index contributed by atoms with van der Waals surface area (Å²) in [6.07, 6.45) is 3.10. The molecule has 0 saturated carbocycles. The van der Waals surface area contributed by atoms with E-state index in [9.17, 15) is 14.4 Å². The van der Waals surface area contributed by atoms with Gasteiger partial charge < -0.3 is 15.4 Å². The molecule has 2 amide bonds. The maximum Gasteiger partial charge on any atom is 0.337 e. The van der Waals surface area contributed by atoms with Gasteiger partial charge >= 0.3 is 5.97 Å². The van der Waals surface area contributed by atoms with Crippen molar-refractivity contribution in [3.05, 3.63) is 107 Å². The van der Waals surface area contributed by atoms with Gasteiger partial charge in [-0.3, -0.25) is 14.7 Å². The number of hydrogen-bond donors (Lipinski definition) is 3. The number of carbonyl (C=O) groups is 3. The number of rotatable bonds is 9. The van der Waals surface area contributed by atoms with E-state index in [1.54, 1.807) is 18.2 Å². The second kappa shape index (κ2) is 12.1. The van der Waals surface area contributed by atoms with Gasteiger partial charge in [0.05, 0.1) is 19.1 Å². The number of nitrogens with one attached hydrogen (secondary N) is 3. The van der Waals surface area contributed by atoms with Crippen LogP contribution in [-0.4, -0.2) is 40.1 Å². The summed E-state index contributed by atoms with van der Waals surface area (Å²) in [5, 5.41) is 12.5. The van der Waals surface area contributed by atoms with E-state index in [2.05, 4.69) is 25.8 Å². The van der Waals surface area contributed by atoms with Gasteiger partial charge in [-0.05, 0) is 35.4 Å². The molecule has 0 aliphatic rings. The maximum absolute atomic E-state index is 12.5. The highest BCUT2D eigenvalue weighted by atomic mass is 16.5. The van der Waals surface area contributed by atoms with Crippen LogP contribution in [0.25, 0.3) is 17.5 Å². The molecule has 0 aliphatic heterocycles. The molecule has 3 aromatic carbocycles. The fourth-order valence-electron chi connectivity index (χ4n) is 3.53. The molecule has 186 valence electrons. The van der Waals surface area contributed by atoms with Crippen molar-refractivity contribution in [3.8, 4) is 11.4 Å². The van der Waals surface area contributed by atoms with Crippen molar-refractivity contribution in [3.63, 3.8) is 0 Å². The predicted molar refractivity (Wildman–Crippen MR) is 139 cm³/mol. The number of anilines is 1. The van der Waals surface area contributed by atoms with Crippen LogP contribution in [-0.2, 0) is 27.3 Å². The fraction of sp³-hybridized carbons (Fsp3) is 0.107. The summed E-state index contributed by atoms with van der Waals surface area (Å²) in [5.41, 5.74) is 2.99. The van der Waals surface area contributed by atoms with E-state index in [4.69, 9.17) is 4.74 Å². The van der Waals surface area contributed by atoms with Crippen molar-refractivity contribution in [2.45, 2.75) is 13.0 Å². The summed E-state index contributed by atoms with van der Waals surface area (Å²) in [4.78, 5) is 41.5. The van der Waals surface area contributed by atoms with Crippen molar-refractivity contribution in [1.82, 2.24) is 20.5 Å². The third-order valence-electron chi connectivity index (χ3n) is 5.29. The number of nitrogens with zero attached hydrogens (tertiary/aromatic N) is 2. The van der Waals surface area contributed by atoms with Crippen molar-refractivity contribution >= 4 is 29.5 Å². The molecule has 1 heterocycles. The minimum Gasteiger partial charge on any atom is -0.465 e. The highest BCUT2D eigenvalue weighted by molar-refractivity contribution is 6.02. The number of esters is 1. The van der Waals surface area contributed by atoms with Crippen molar-refractivity contribution in [2.75, 3.05) is 12.4 Å². The number of carbonyl (C=O) groups excluding carboxylic acids is 3. The zero-order valence-electron chi connectivity index (χ0n) is 20.1. The Bertz CT molecular complexity index is 1420. The smallest absolute Gasteiger partial charge is 0.337 e. The standard InChI is InChI=1S/C28H25N5O4/c1-37-28(36)22-14-20(15-23(16-22)30-25(34)13-12-19-8-4-2-5-9-19)18-29-26(35)17-24-31-27(33-32-24)21-10-6-3-7-11-21/h2-16H,17-18H2,1H3,(H,29,35)(H,30,34)(H,31,32,33)/b13-12+. The minimum atomic E-state index is -0.557. The van der Waals surface area contributed by atoms with Gasteiger partial charge in [-0.25, -0.2) is 9.78 Å². The minimum absolute atomic E-state index is 0.00436. The SMILES string of the molecule is COC(=O)c1cc(CNC(=O)Cc2nc(-c3ccccc3)n[nH]2)cc(NC(=O)/C=C/c2ccccc2)c1. The van der Waals surface area contributed by atoms with Gasteiger partial charge in [-0.2, -0.15) is 5.10 Å². The number of aromatic amines is 1. The predicted octanol–water partition coefficient (Wildman–Crippen LogP) is 3.77. The summed E-state index contributed by atoms with van der Waals surface area (Å²) >= 11 is 0. The third kappa shape index (κ3) is 7.22. The first-order chi connectivity index (χ1) is 18.0. The van der Waals surface area contributed by atoms with Crippen molar-refractivity contribution < 1.29 is 19.1 Å². The van der Waals surface area contributed by atoms with Gasteiger partial charge in [0.25, 0.3) is 0 Å². The number of ether oxygens (including phenoxy) is 1. The van der Waals surface area contributed by atoms with E-state index in [0.717, 1.165) is 11.1 Å². The first-order valence-electron chi connectivity index (χ1n) is 11.5. The molecule has 3 N–H and O–H groups in total. The van der Waals surface area contributed by atoms with Gasteiger partial charge in [0.1, 0.15) is 5.82 Å². The Labute approximate surface area is 213 Å². The highest BCUT2D eigenvalue weighted by Crippen LogP contribution is 2.17. The van der Waals surface area contributed by atoms with Crippen LogP contribution < -0.4 is 10.6 Å². The molecule has 0 aliphatic carbocycles. The number of hydrogen-bond acceptors (Lipinski definition) is 6. The second-order valence-electron chi connectivity index (χ2n) is 8.07. The Morgan fingerprint density at radius 1 is 0.973 bits per heavy atom. The lowest BCUT2D eigenvalue weighted by Crippen LogP contribution is -2.25. The van der Waals surface area contributed by atoms with Gasteiger partial charge in [0.2, 0.25) is 11.8 Å². The molecule has 0 unspecified atom stereocenters. The van der Waals surface area contributed by atoms with Crippen LogP contribution in [0.2, 0.25) is 0 Å². The Balaban J connectivity index is 1.40. The largest absolute Gasteiger partial charge is 0.465 e.